The Morgan fingerprint density at radius 2 is 2.31 bits per heavy atom. The summed E-state index contributed by atoms with van der Waals surface area (Å²) in [5.74, 6) is 0.735. The Balaban J connectivity index is 2.98. The molecule has 1 aromatic heterocycles. The van der Waals surface area contributed by atoms with E-state index in [1.165, 1.54) is 0 Å². The van der Waals surface area contributed by atoms with E-state index in [4.69, 9.17) is 4.74 Å². The fourth-order valence-corrected chi connectivity index (χ4v) is 1.51. The molecular weight excluding hydrogens is 204 g/mol. The number of carbonyl (C=O) groups is 1. The second kappa shape index (κ2) is 5.61. The van der Waals surface area contributed by atoms with Gasteiger partial charge in [-0.2, -0.15) is 0 Å². The summed E-state index contributed by atoms with van der Waals surface area (Å²) in [6, 6.07) is 3.74. The minimum Gasteiger partial charge on any atom is -0.383 e. The molecule has 0 amide bonds. The van der Waals surface area contributed by atoms with Crippen LogP contribution in [-0.2, 0) is 4.74 Å². The van der Waals surface area contributed by atoms with Crippen molar-refractivity contribution < 1.29 is 9.53 Å². The van der Waals surface area contributed by atoms with Crippen LogP contribution in [0.15, 0.2) is 18.3 Å². The molecule has 0 saturated heterocycles. The normalized spacial score (nSPS) is 12.2. The second-order valence-corrected chi connectivity index (χ2v) is 3.85. The first-order chi connectivity index (χ1) is 7.57. The summed E-state index contributed by atoms with van der Waals surface area (Å²) < 4.78 is 5.09. The Kier molecular flexibility index (Phi) is 4.43. The largest absolute Gasteiger partial charge is 0.383 e. The lowest BCUT2D eigenvalue weighted by Gasteiger charge is -2.26. The SMILES string of the molecule is COCC(C)N(C)c1ncccc1C(C)=O. The third-order valence-electron chi connectivity index (χ3n) is 2.57. The van der Waals surface area contributed by atoms with Gasteiger partial charge in [0, 0.05) is 20.4 Å². The van der Waals surface area contributed by atoms with Gasteiger partial charge in [-0.3, -0.25) is 4.79 Å². The van der Waals surface area contributed by atoms with E-state index in [0.29, 0.717) is 18.0 Å². The molecule has 0 spiro atoms. The number of hydrogen-bond acceptors (Lipinski definition) is 4. The van der Waals surface area contributed by atoms with Crippen molar-refractivity contribution in [1.82, 2.24) is 4.98 Å². The fourth-order valence-electron chi connectivity index (χ4n) is 1.51. The third kappa shape index (κ3) is 2.79. The van der Waals surface area contributed by atoms with E-state index in [0.717, 1.165) is 0 Å². The molecule has 0 N–H and O–H groups in total. The van der Waals surface area contributed by atoms with Crippen molar-refractivity contribution >= 4 is 11.6 Å². The van der Waals surface area contributed by atoms with Crippen molar-refractivity contribution in [3.05, 3.63) is 23.9 Å². The van der Waals surface area contributed by atoms with Crippen molar-refractivity contribution in [2.45, 2.75) is 19.9 Å². The van der Waals surface area contributed by atoms with Gasteiger partial charge in [0.05, 0.1) is 18.2 Å². The lowest BCUT2D eigenvalue weighted by atomic mass is 10.1. The summed E-state index contributed by atoms with van der Waals surface area (Å²) in [6.45, 7) is 4.18. The lowest BCUT2D eigenvalue weighted by molar-refractivity contribution is 0.101. The zero-order chi connectivity index (χ0) is 12.1. The fraction of sp³-hybridized carbons (Fsp3) is 0.500. The van der Waals surface area contributed by atoms with Gasteiger partial charge in [0.2, 0.25) is 0 Å². The van der Waals surface area contributed by atoms with Crippen LogP contribution in [0.1, 0.15) is 24.2 Å². The van der Waals surface area contributed by atoms with Crippen LogP contribution in [0, 0.1) is 0 Å². The van der Waals surface area contributed by atoms with Crippen LogP contribution in [0.4, 0.5) is 5.82 Å². The second-order valence-electron chi connectivity index (χ2n) is 3.85. The first kappa shape index (κ1) is 12.6. The van der Waals surface area contributed by atoms with E-state index in [2.05, 4.69) is 4.98 Å². The summed E-state index contributed by atoms with van der Waals surface area (Å²) in [4.78, 5) is 17.7. The number of hydrogen-bond donors (Lipinski definition) is 0. The molecule has 0 aromatic carbocycles. The van der Waals surface area contributed by atoms with Crippen LogP contribution in [0.5, 0.6) is 0 Å². The molecular formula is C12H18N2O2. The summed E-state index contributed by atoms with van der Waals surface area (Å²) in [7, 11) is 3.58. The van der Waals surface area contributed by atoms with Gasteiger partial charge in [0.1, 0.15) is 5.82 Å². The molecule has 88 valence electrons. The minimum atomic E-state index is 0.0274. The topological polar surface area (TPSA) is 42.4 Å². The van der Waals surface area contributed by atoms with E-state index in [1.54, 1.807) is 32.4 Å². The molecule has 1 atom stereocenters. The molecule has 0 fully saturated rings. The average Bonchev–Trinajstić information content (AvgIpc) is 2.28. The van der Waals surface area contributed by atoms with Crippen LogP contribution in [0.25, 0.3) is 0 Å². The maximum Gasteiger partial charge on any atom is 0.163 e. The maximum atomic E-state index is 11.5. The molecule has 16 heavy (non-hydrogen) atoms. The van der Waals surface area contributed by atoms with Crippen molar-refractivity contribution in [3.63, 3.8) is 0 Å². The summed E-state index contributed by atoms with van der Waals surface area (Å²) in [5.41, 5.74) is 0.646. The number of aromatic nitrogens is 1. The molecule has 1 rings (SSSR count). The van der Waals surface area contributed by atoms with E-state index in [1.807, 2.05) is 18.9 Å². The van der Waals surface area contributed by atoms with E-state index >= 15 is 0 Å². The van der Waals surface area contributed by atoms with E-state index in [-0.39, 0.29) is 11.8 Å². The summed E-state index contributed by atoms with van der Waals surface area (Å²) >= 11 is 0. The average molecular weight is 222 g/mol. The van der Waals surface area contributed by atoms with Crippen LogP contribution in [0.3, 0.4) is 0 Å². The zero-order valence-corrected chi connectivity index (χ0v) is 10.2. The Morgan fingerprint density at radius 1 is 1.62 bits per heavy atom. The molecule has 0 bridgehead atoms. The smallest absolute Gasteiger partial charge is 0.163 e. The summed E-state index contributed by atoms with van der Waals surface area (Å²) in [6.07, 6.45) is 1.69. The quantitative estimate of drug-likeness (QED) is 0.712. The molecule has 0 radical (unpaired) electrons. The van der Waals surface area contributed by atoms with E-state index in [9.17, 15) is 4.79 Å². The van der Waals surface area contributed by atoms with Gasteiger partial charge >= 0.3 is 0 Å². The standard InChI is InChI=1S/C12H18N2O2/c1-9(8-16-4)14(3)12-11(10(2)15)6-5-7-13-12/h5-7,9H,8H2,1-4H3. The Bertz CT molecular complexity index is 366. The number of nitrogens with zero attached hydrogens (tertiary/aromatic N) is 2. The number of likely N-dealkylation sites (N-methyl/N-ethyl adjacent to an activating group) is 1. The monoisotopic (exact) mass is 222 g/mol. The van der Waals surface area contributed by atoms with Crippen LogP contribution >= 0.6 is 0 Å². The number of Topliss-reactive ketones (excluding diaryl/α,β-unsaturated/α-hetero) is 1. The van der Waals surface area contributed by atoms with Gasteiger partial charge in [-0.15, -0.1) is 0 Å². The molecule has 0 aliphatic rings. The Morgan fingerprint density at radius 3 is 2.88 bits per heavy atom. The van der Waals surface area contributed by atoms with Gasteiger partial charge in [0.15, 0.2) is 5.78 Å². The number of pyridine rings is 1. The highest BCUT2D eigenvalue weighted by Crippen LogP contribution is 2.18. The predicted molar refractivity (Wildman–Crippen MR) is 64.0 cm³/mol. The van der Waals surface area contributed by atoms with E-state index < -0.39 is 0 Å². The molecule has 4 heteroatoms. The highest BCUT2D eigenvalue weighted by molar-refractivity contribution is 5.98. The highest BCUT2D eigenvalue weighted by Gasteiger charge is 2.16. The first-order valence-electron chi connectivity index (χ1n) is 5.25. The number of carbonyl (C=O) groups excluding carboxylic acids is 1. The Hall–Kier alpha value is -1.42. The van der Waals surface area contributed by atoms with Crippen LogP contribution in [0.2, 0.25) is 0 Å². The minimum absolute atomic E-state index is 0.0274. The summed E-state index contributed by atoms with van der Waals surface area (Å²) in [5, 5.41) is 0. The van der Waals surface area contributed by atoms with Crippen LogP contribution < -0.4 is 4.90 Å². The van der Waals surface area contributed by atoms with Crippen molar-refractivity contribution in [1.29, 1.82) is 0 Å². The van der Waals surface area contributed by atoms with Crippen molar-refractivity contribution in [2.24, 2.45) is 0 Å². The van der Waals surface area contributed by atoms with Gasteiger partial charge in [-0.05, 0) is 26.0 Å². The highest BCUT2D eigenvalue weighted by atomic mass is 16.5. The maximum absolute atomic E-state index is 11.5. The van der Waals surface area contributed by atoms with Crippen molar-refractivity contribution in [2.75, 3.05) is 25.7 Å². The van der Waals surface area contributed by atoms with Gasteiger partial charge in [0.25, 0.3) is 0 Å². The number of rotatable bonds is 5. The molecule has 0 aliphatic heterocycles. The molecule has 4 nitrogen and oxygen atoms in total. The molecule has 0 aliphatic carbocycles. The first-order valence-corrected chi connectivity index (χ1v) is 5.25. The third-order valence-corrected chi connectivity index (χ3v) is 2.57. The number of anilines is 1. The van der Waals surface area contributed by atoms with Gasteiger partial charge in [-0.1, -0.05) is 0 Å². The molecule has 1 heterocycles. The van der Waals surface area contributed by atoms with Crippen molar-refractivity contribution in [3.8, 4) is 0 Å². The lowest BCUT2D eigenvalue weighted by Crippen LogP contribution is -2.34. The molecule has 1 unspecified atom stereocenters. The van der Waals surface area contributed by atoms with Gasteiger partial charge in [-0.25, -0.2) is 4.98 Å². The zero-order valence-electron chi connectivity index (χ0n) is 10.2. The van der Waals surface area contributed by atoms with Crippen LogP contribution in [-0.4, -0.2) is 37.6 Å². The number of ether oxygens (including phenoxy) is 1. The van der Waals surface area contributed by atoms with Gasteiger partial charge < -0.3 is 9.64 Å². The number of ketones is 1. The predicted octanol–water partition coefficient (Wildman–Crippen LogP) is 1.76. The number of methoxy groups -OCH3 is 1. The Labute approximate surface area is 96.2 Å². The molecule has 1 aromatic rings. The molecule has 0 saturated carbocycles.